The molecule has 2 aromatic carbocycles. The molecule has 1 saturated heterocycles. The van der Waals surface area contributed by atoms with E-state index in [-0.39, 0.29) is 11.9 Å². The quantitative estimate of drug-likeness (QED) is 0.484. The zero-order valence-corrected chi connectivity index (χ0v) is 17.6. The van der Waals surface area contributed by atoms with Gasteiger partial charge in [0.25, 0.3) is 11.8 Å². The number of amides is 2. The molecule has 0 unspecified atom stereocenters. The minimum absolute atomic E-state index is 0.0587. The van der Waals surface area contributed by atoms with E-state index in [1.807, 2.05) is 48.9 Å². The number of hydrogen-bond acceptors (Lipinski definition) is 4. The van der Waals surface area contributed by atoms with Crippen LogP contribution in [0.4, 0.5) is 0 Å². The molecule has 0 N–H and O–H groups in total. The fourth-order valence-corrected chi connectivity index (χ4v) is 3.95. The Bertz CT molecular complexity index is 1110. The first-order valence-corrected chi connectivity index (χ1v) is 10.2. The lowest BCUT2D eigenvalue weighted by atomic mass is 10.0. The Balaban J connectivity index is 1.44. The molecule has 31 heavy (non-hydrogen) atoms. The molecule has 0 radical (unpaired) electrons. The normalized spacial score (nSPS) is 16.3. The fourth-order valence-electron chi connectivity index (χ4n) is 3.95. The maximum absolute atomic E-state index is 12.9. The topological polar surface area (TPSA) is 75.5 Å². The van der Waals surface area contributed by atoms with E-state index in [2.05, 4.69) is 4.98 Å². The number of nitrogens with zero attached hydrogens (tertiary/aromatic N) is 4. The van der Waals surface area contributed by atoms with Crippen LogP contribution >= 0.6 is 0 Å². The van der Waals surface area contributed by atoms with Crippen molar-refractivity contribution < 1.29 is 14.4 Å². The van der Waals surface area contributed by atoms with Gasteiger partial charge in [-0.05, 0) is 49.7 Å². The summed E-state index contributed by atoms with van der Waals surface area (Å²) in [6, 6.07) is 14.1. The number of rotatable bonds is 4. The van der Waals surface area contributed by atoms with Crippen molar-refractivity contribution in [1.82, 2.24) is 19.4 Å². The molecule has 0 saturated carbocycles. The Morgan fingerprint density at radius 1 is 1.00 bits per heavy atom. The number of benzene rings is 2. The summed E-state index contributed by atoms with van der Waals surface area (Å²) in [4.78, 5) is 45.9. The largest absolute Gasteiger partial charge is 0.335 e. The Hall–Kier alpha value is -3.74. The third kappa shape index (κ3) is 4.12. The second-order valence-corrected chi connectivity index (χ2v) is 7.77. The molecule has 1 fully saturated rings. The molecule has 1 atom stereocenters. The van der Waals surface area contributed by atoms with Crippen molar-refractivity contribution in [1.29, 1.82) is 0 Å². The van der Waals surface area contributed by atoms with E-state index in [0.29, 0.717) is 30.8 Å². The maximum Gasteiger partial charge on any atom is 0.295 e. The summed E-state index contributed by atoms with van der Waals surface area (Å²) in [7, 11) is 0. The molecule has 0 spiro atoms. The van der Waals surface area contributed by atoms with Gasteiger partial charge in [0.15, 0.2) is 0 Å². The van der Waals surface area contributed by atoms with Gasteiger partial charge < -0.3 is 14.4 Å². The van der Waals surface area contributed by atoms with Crippen LogP contribution in [0, 0.1) is 6.92 Å². The molecule has 2 heterocycles. The second kappa shape index (κ2) is 8.55. The lowest BCUT2D eigenvalue weighted by Gasteiger charge is -2.39. The lowest BCUT2D eigenvalue weighted by molar-refractivity contribution is -0.130. The first-order chi connectivity index (χ1) is 15.0. The van der Waals surface area contributed by atoms with Crippen molar-refractivity contribution in [3.05, 3.63) is 83.9 Å². The molecule has 0 aliphatic carbocycles. The van der Waals surface area contributed by atoms with E-state index < -0.39 is 11.7 Å². The average molecular weight is 416 g/mol. The minimum atomic E-state index is -0.533. The third-order valence-corrected chi connectivity index (χ3v) is 5.63. The summed E-state index contributed by atoms with van der Waals surface area (Å²) in [5, 5.41) is 0. The number of aryl methyl sites for hydroxylation is 1. The molecule has 1 aromatic heterocycles. The van der Waals surface area contributed by atoms with Crippen molar-refractivity contribution in [3.8, 4) is 5.69 Å². The molecular weight excluding hydrogens is 392 g/mol. The molecule has 0 bridgehead atoms. The Kier molecular flexibility index (Phi) is 5.66. The van der Waals surface area contributed by atoms with Crippen LogP contribution < -0.4 is 0 Å². The SMILES string of the molecule is Cc1cc(C(=O)C(=O)N2CCN(C(=O)c3ccccc3)C[C@H]2C)ccc1-n1ccnc1. The van der Waals surface area contributed by atoms with Gasteiger partial charge in [0.1, 0.15) is 0 Å². The highest BCUT2D eigenvalue weighted by atomic mass is 16.2. The van der Waals surface area contributed by atoms with Gasteiger partial charge in [-0.25, -0.2) is 4.98 Å². The summed E-state index contributed by atoms with van der Waals surface area (Å²) >= 11 is 0. The molecule has 7 heteroatoms. The predicted molar refractivity (Wildman–Crippen MR) is 116 cm³/mol. The van der Waals surface area contributed by atoms with Crippen LogP contribution in [0.5, 0.6) is 0 Å². The van der Waals surface area contributed by atoms with E-state index in [1.165, 1.54) is 0 Å². The van der Waals surface area contributed by atoms with Gasteiger partial charge in [0, 0.05) is 54.9 Å². The smallest absolute Gasteiger partial charge is 0.295 e. The lowest BCUT2D eigenvalue weighted by Crippen LogP contribution is -2.56. The van der Waals surface area contributed by atoms with E-state index in [1.54, 1.807) is 46.6 Å². The molecule has 2 amide bonds. The van der Waals surface area contributed by atoms with Gasteiger partial charge in [-0.3, -0.25) is 14.4 Å². The fraction of sp³-hybridized carbons (Fsp3) is 0.250. The predicted octanol–water partition coefficient (Wildman–Crippen LogP) is 2.74. The monoisotopic (exact) mass is 416 g/mol. The van der Waals surface area contributed by atoms with Crippen LogP contribution in [0.25, 0.3) is 5.69 Å². The van der Waals surface area contributed by atoms with Gasteiger partial charge in [-0.2, -0.15) is 0 Å². The number of carbonyl (C=O) groups excluding carboxylic acids is 3. The minimum Gasteiger partial charge on any atom is -0.335 e. The highest BCUT2D eigenvalue weighted by molar-refractivity contribution is 6.42. The van der Waals surface area contributed by atoms with Crippen LogP contribution in [-0.4, -0.2) is 62.6 Å². The highest BCUT2D eigenvalue weighted by Crippen LogP contribution is 2.19. The standard InChI is InChI=1S/C24H24N4O3/c1-17-14-20(8-9-21(17)27-11-10-25-16-27)22(29)24(31)28-13-12-26(15-18(28)2)23(30)19-6-4-3-5-7-19/h3-11,14,16,18H,12-13,15H2,1-2H3/t18-/m1/s1. The number of Topliss-reactive ketones (excluding diaryl/α,β-unsaturated/α-hetero) is 1. The third-order valence-electron chi connectivity index (χ3n) is 5.63. The zero-order valence-electron chi connectivity index (χ0n) is 17.6. The van der Waals surface area contributed by atoms with Gasteiger partial charge in [0.05, 0.1) is 6.33 Å². The zero-order chi connectivity index (χ0) is 22.0. The number of piperazine rings is 1. The van der Waals surface area contributed by atoms with Gasteiger partial charge in [-0.15, -0.1) is 0 Å². The van der Waals surface area contributed by atoms with E-state index in [9.17, 15) is 14.4 Å². The summed E-state index contributed by atoms with van der Waals surface area (Å²) in [5.41, 5.74) is 2.77. The van der Waals surface area contributed by atoms with Crippen LogP contribution in [0.1, 0.15) is 33.2 Å². The Morgan fingerprint density at radius 3 is 2.42 bits per heavy atom. The van der Waals surface area contributed by atoms with E-state index in [0.717, 1.165) is 11.3 Å². The highest BCUT2D eigenvalue weighted by Gasteiger charge is 2.33. The number of ketones is 1. The van der Waals surface area contributed by atoms with Crippen LogP contribution in [-0.2, 0) is 4.79 Å². The van der Waals surface area contributed by atoms with Crippen molar-refractivity contribution in [2.24, 2.45) is 0 Å². The molecule has 158 valence electrons. The van der Waals surface area contributed by atoms with Crippen LogP contribution in [0.3, 0.4) is 0 Å². The second-order valence-electron chi connectivity index (χ2n) is 7.77. The Morgan fingerprint density at radius 2 is 1.77 bits per heavy atom. The number of carbonyl (C=O) groups is 3. The van der Waals surface area contributed by atoms with Crippen molar-refractivity contribution in [2.45, 2.75) is 19.9 Å². The van der Waals surface area contributed by atoms with Crippen LogP contribution in [0.15, 0.2) is 67.3 Å². The first kappa shape index (κ1) is 20.5. The molecular formula is C24H24N4O3. The Labute approximate surface area is 180 Å². The van der Waals surface area contributed by atoms with E-state index in [4.69, 9.17) is 0 Å². The summed E-state index contributed by atoms with van der Waals surface area (Å²) < 4.78 is 1.86. The summed E-state index contributed by atoms with van der Waals surface area (Å²) in [5.74, 6) is -1.12. The molecule has 7 nitrogen and oxygen atoms in total. The number of aromatic nitrogens is 2. The van der Waals surface area contributed by atoms with Crippen LogP contribution in [0.2, 0.25) is 0 Å². The summed E-state index contributed by atoms with van der Waals surface area (Å²) in [6.45, 7) is 4.88. The molecule has 1 aliphatic rings. The van der Waals surface area contributed by atoms with Crippen molar-refractivity contribution >= 4 is 17.6 Å². The van der Waals surface area contributed by atoms with Gasteiger partial charge in [0.2, 0.25) is 5.78 Å². The maximum atomic E-state index is 12.9. The van der Waals surface area contributed by atoms with Gasteiger partial charge >= 0.3 is 0 Å². The molecule has 4 rings (SSSR count). The summed E-state index contributed by atoms with van der Waals surface area (Å²) in [6.07, 6.45) is 5.20. The van der Waals surface area contributed by atoms with E-state index >= 15 is 0 Å². The first-order valence-electron chi connectivity index (χ1n) is 10.2. The molecule has 1 aliphatic heterocycles. The molecule has 3 aromatic rings. The van der Waals surface area contributed by atoms with Gasteiger partial charge in [-0.1, -0.05) is 18.2 Å². The van der Waals surface area contributed by atoms with Crippen molar-refractivity contribution in [3.63, 3.8) is 0 Å². The number of imidazole rings is 1. The number of hydrogen-bond donors (Lipinski definition) is 0. The average Bonchev–Trinajstić information content (AvgIpc) is 3.32. The van der Waals surface area contributed by atoms with Crippen molar-refractivity contribution in [2.75, 3.05) is 19.6 Å².